The molecule has 0 unspecified atom stereocenters. The molecule has 0 aliphatic heterocycles. The number of hydrogen-bond acceptors (Lipinski definition) is 5. The van der Waals surface area contributed by atoms with Crippen molar-refractivity contribution in [3.63, 3.8) is 0 Å². The molecule has 0 aliphatic rings. The minimum atomic E-state index is -0.374. The zero-order valence-electron chi connectivity index (χ0n) is 17.9. The first-order chi connectivity index (χ1) is 15.4. The van der Waals surface area contributed by atoms with E-state index in [-0.39, 0.29) is 17.7 Å². The first kappa shape index (κ1) is 22.4. The lowest BCUT2D eigenvalue weighted by Crippen LogP contribution is -2.15. The van der Waals surface area contributed by atoms with Crippen molar-refractivity contribution in [1.82, 2.24) is 0 Å². The lowest BCUT2D eigenvalue weighted by molar-refractivity contribution is -0.114. The van der Waals surface area contributed by atoms with Crippen LogP contribution in [0.5, 0.6) is 11.5 Å². The first-order valence-corrected chi connectivity index (χ1v) is 9.72. The fourth-order valence-electron chi connectivity index (χ4n) is 2.98. The molecule has 0 radical (unpaired) electrons. The molecule has 3 aromatic rings. The van der Waals surface area contributed by atoms with Crippen LogP contribution in [0.2, 0.25) is 0 Å². The van der Waals surface area contributed by atoms with E-state index < -0.39 is 0 Å². The summed E-state index contributed by atoms with van der Waals surface area (Å²) in [5.41, 5.74) is 2.25. The van der Waals surface area contributed by atoms with Crippen LogP contribution in [0.3, 0.4) is 0 Å². The monoisotopic (exact) mass is 433 g/mol. The fourth-order valence-corrected chi connectivity index (χ4v) is 2.98. The van der Waals surface area contributed by atoms with Crippen molar-refractivity contribution in [2.24, 2.45) is 0 Å². The number of ether oxygens (including phenoxy) is 2. The molecule has 0 aromatic heterocycles. The Morgan fingerprint density at radius 3 is 1.56 bits per heavy atom. The summed E-state index contributed by atoms with van der Waals surface area (Å²) >= 11 is 0. The molecule has 3 N–H and O–H groups in total. The van der Waals surface area contributed by atoms with Crippen LogP contribution >= 0.6 is 0 Å². The van der Waals surface area contributed by atoms with Gasteiger partial charge >= 0.3 is 0 Å². The Kier molecular flexibility index (Phi) is 7.07. The number of methoxy groups -OCH3 is 2. The van der Waals surface area contributed by atoms with Gasteiger partial charge in [-0.1, -0.05) is 18.2 Å². The Labute approximate surface area is 185 Å². The number of rotatable bonds is 7. The summed E-state index contributed by atoms with van der Waals surface area (Å²) in [6, 6.07) is 18.4. The molecule has 0 aliphatic carbocycles. The van der Waals surface area contributed by atoms with Gasteiger partial charge < -0.3 is 25.4 Å². The van der Waals surface area contributed by atoms with E-state index in [0.29, 0.717) is 39.7 Å². The minimum Gasteiger partial charge on any atom is -0.494 e. The van der Waals surface area contributed by atoms with E-state index in [4.69, 9.17) is 9.47 Å². The molecular formula is C24H23N3O5. The van der Waals surface area contributed by atoms with E-state index in [9.17, 15) is 14.4 Å². The lowest BCUT2D eigenvalue weighted by Gasteiger charge is -2.16. The van der Waals surface area contributed by atoms with Crippen molar-refractivity contribution in [3.8, 4) is 11.5 Å². The van der Waals surface area contributed by atoms with Crippen LogP contribution in [0.15, 0.2) is 66.7 Å². The van der Waals surface area contributed by atoms with Gasteiger partial charge in [0.2, 0.25) is 5.91 Å². The molecule has 164 valence electrons. The second-order valence-electron chi connectivity index (χ2n) is 6.79. The standard InChI is InChI=1S/C24H23N3O5/c1-15(28)25-18-11-9-17(10-12-18)24(30)27-20-14-21(31-2)19(13-22(20)32-3)26-23(29)16-7-5-4-6-8-16/h4-14H,1-3H3,(H,25,28)(H,26,29)(H,27,30). The Hall–Kier alpha value is -4.33. The van der Waals surface area contributed by atoms with Crippen molar-refractivity contribution >= 4 is 34.8 Å². The summed E-state index contributed by atoms with van der Waals surface area (Å²) in [4.78, 5) is 36.4. The van der Waals surface area contributed by atoms with Gasteiger partial charge in [-0.15, -0.1) is 0 Å². The van der Waals surface area contributed by atoms with Crippen LogP contribution in [0.4, 0.5) is 17.1 Å². The van der Waals surface area contributed by atoms with Gasteiger partial charge in [-0.2, -0.15) is 0 Å². The number of carbonyl (C=O) groups excluding carboxylic acids is 3. The maximum absolute atomic E-state index is 12.7. The molecule has 0 atom stereocenters. The molecule has 3 rings (SSSR count). The smallest absolute Gasteiger partial charge is 0.255 e. The highest BCUT2D eigenvalue weighted by Crippen LogP contribution is 2.37. The largest absolute Gasteiger partial charge is 0.494 e. The Bertz CT molecular complexity index is 1130. The van der Waals surface area contributed by atoms with Gasteiger partial charge in [-0.3, -0.25) is 14.4 Å². The van der Waals surface area contributed by atoms with Crippen molar-refractivity contribution in [3.05, 3.63) is 77.9 Å². The molecule has 0 heterocycles. The van der Waals surface area contributed by atoms with Gasteiger partial charge in [0, 0.05) is 35.9 Å². The molecule has 0 saturated carbocycles. The van der Waals surface area contributed by atoms with Gasteiger partial charge in [-0.25, -0.2) is 0 Å². The predicted octanol–water partition coefficient (Wildman–Crippen LogP) is 4.17. The number of benzene rings is 3. The molecule has 0 bridgehead atoms. The average molecular weight is 433 g/mol. The second kappa shape index (κ2) is 10.1. The van der Waals surface area contributed by atoms with Crippen molar-refractivity contribution in [2.75, 3.05) is 30.2 Å². The fraction of sp³-hybridized carbons (Fsp3) is 0.125. The third-order valence-electron chi connectivity index (χ3n) is 4.52. The summed E-state index contributed by atoms with van der Waals surface area (Å²) in [5, 5.41) is 8.22. The molecule has 8 heteroatoms. The molecule has 32 heavy (non-hydrogen) atoms. The Morgan fingerprint density at radius 2 is 1.12 bits per heavy atom. The summed E-state index contributed by atoms with van der Waals surface area (Å²) in [5.74, 6) is -0.176. The second-order valence-corrected chi connectivity index (χ2v) is 6.79. The van der Waals surface area contributed by atoms with E-state index in [1.807, 2.05) is 6.07 Å². The summed E-state index contributed by atoms with van der Waals surface area (Å²) < 4.78 is 10.8. The molecule has 8 nitrogen and oxygen atoms in total. The molecule has 3 amide bonds. The van der Waals surface area contributed by atoms with Crippen LogP contribution in [0.25, 0.3) is 0 Å². The van der Waals surface area contributed by atoms with Crippen molar-refractivity contribution in [1.29, 1.82) is 0 Å². The first-order valence-electron chi connectivity index (χ1n) is 9.72. The summed E-state index contributed by atoms with van der Waals surface area (Å²) in [7, 11) is 2.93. The van der Waals surface area contributed by atoms with Gasteiger partial charge in [0.15, 0.2) is 0 Å². The predicted molar refractivity (Wildman–Crippen MR) is 123 cm³/mol. The van der Waals surface area contributed by atoms with E-state index in [1.54, 1.807) is 60.7 Å². The highest BCUT2D eigenvalue weighted by molar-refractivity contribution is 6.07. The van der Waals surface area contributed by atoms with Crippen LogP contribution in [-0.2, 0) is 4.79 Å². The third-order valence-corrected chi connectivity index (χ3v) is 4.52. The SMILES string of the molecule is COc1cc(NC(=O)c2ccc(NC(C)=O)cc2)c(OC)cc1NC(=O)c1ccccc1. The zero-order valence-corrected chi connectivity index (χ0v) is 17.9. The molecular weight excluding hydrogens is 410 g/mol. The van der Waals surface area contributed by atoms with Crippen LogP contribution < -0.4 is 25.4 Å². The molecule has 0 spiro atoms. The van der Waals surface area contributed by atoms with Crippen molar-refractivity contribution < 1.29 is 23.9 Å². The third kappa shape index (κ3) is 5.42. The topological polar surface area (TPSA) is 106 Å². The minimum absolute atomic E-state index is 0.196. The zero-order chi connectivity index (χ0) is 23.1. The number of hydrogen-bond donors (Lipinski definition) is 3. The molecule has 0 saturated heterocycles. The Balaban J connectivity index is 1.81. The number of anilines is 3. The van der Waals surface area contributed by atoms with Gasteiger partial charge in [0.25, 0.3) is 11.8 Å². The quantitative estimate of drug-likeness (QED) is 0.519. The van der Waals surface area contributed by atoms with E-state index in [0.717, 1.165) is 0 Å². The van der Waals surface area contributed by atoms with E-state index >= 15 is 0 Å². The van der Waals surface area contributed by atoms with E-state index in [1.165, 1.54) is 21.1 Å². The van der Waals surface area contributed by atoms with Crippen LogP contribution in [0, 0.1) is 0 Å². The normalized spacial score (nSPS) is 10.1. The highest BCUT2D eigenvalue weighted by Gasteiger charge is 2.17. The summed E-state index contributed by atoms with van der Waals surface area (Å²) in [6.45, 7) is 1.41. The van der Waals surface area contributed by atoms with E-state index in [2.05, 4.69) is 16.0 Å². The van der Waals surface area contributed by atoms with Gasteiger partial charge in [0.05, 0.1) is 25.6 Å². The number of carbonyl (C=O) groups is 3. The van der Waals surface area contributed by atoms with Crippen LogP contribution in [-0.4, -0.2) is 31.9 Å². The Morgan fingerprint density at radius 1 is 0.656 bits per heavy atom. The molecule has 3 aromatic carbocycles. The van der Waals surface area contributed by atoms with Crippen molar-refractivity contribution in [2.45, 2.75) is 6.92 Å². The maximum atomic E-state index is 12.7. The summed E-state index contributed by atoms with van der Waals surface area (Å²) in [6.07, 6.45) is 0. The maximum Gasteiger partial charge on any atom is 0.255 e. The number of amides is 3. The molecule has 0 fully saturated rings. The number of nitrogens with one attached hydrogen (secondary N) is 3. The average Bonchev–Trinajstić information content (AvgIpc) is 2.80. The van der Waals surface area contributed by atoms with Crippen LogP contribution in [0.1, 0.15) is 27.6 Å². The lowest BCUT2D eigenvalue weighted by atomic mass is 10.1. The van der Waals surface area contributed by atoms with Gasteiger partial charge in [0.1, 0.15) is 11.5 Å². The van der Waals surface area contributed by atoms with Gasteiger partial charge in [-0.05, 0) is 36.4 Å². The highest BCUT2D eigenvalue weighted by atomic mass is 16.5.